The third-order valence-electron chi connectivity index (χ3n) is 5.15. The lowest BCUT2D eigenvalue weighted by Gasteiger charge is -2.08. The Balaban J connectivity index is 1.35. The summed E-state index contributed by atoms with van der Waals surface area (Å²) in [5, 5.41) is 8.11. The van der Waals surface area contributed by atoms with Gasteiger partial charge in [0.1, 0.15) is 12.4 Å². The first-order valence-corrected chi connectivity index (χ1v) is 10.7. The Kier molecular flexibility index (Phi) is 6.57. The van der Waals surface area contributed by atoms with Gasteiger partial charge >= 0.3 is 0 Å². The molecular weight excluding hydrogens is 422 g/mol. The molecule has 4 aromatic rings. The monoisotopic (exact) mass is 445 g/mol. The van der Waals surface area contributed by atoms with Crippen molar-refractivity contribution in [3.8, 4) is 5.75 Å². The highest BCUT2D eigenvalue weighted by Gasteiger charge is 2.11. The zero-order valence-corrected chi connectivity index (χ0v) is 18.8. The minimum absolute atomic E-state index is 0.199. The minimum Gasteiger partial charge on any atom is -0.489 e. The normalized spacial score (nSPS) is 10.7. The molecule has 6 heteroatoms. The van der Waals surface area contributed by atoms with Gasteiger partial charge in [-0.25, -0.2) is 0 Å². The van der Waals surface area contributed by atoms with Crippen LogP contribution in [0, 0.1) is 13.8 Å². The van der Waals surface area contributed by atoms with Crippen molar-refractivity contribution in [1.29, 1.82) is 0 Å². The maximum atomic E-state index is 12.6. The maximum absolute atomic E-state index is 12.6. The molecule has 0 aliphatic carbocycles. The molecule has 4 rings (SSSR count). The number of carbonyl (C=O) groups excluding carboxylic acids is 1. The summed E-state index contributed by atoms with van der Waals surface area (Å²) in [6, 6.07) is 24.9. The van der Waals surface area contributed by atoms with Crippen LogP contribution in [0.1, 0.15) is 32.7 Å². The Labute approximate surface area is 192 Å². The molecule has 1 heterocycles. The summed E-state index contributed by atoms with van der Waals surface area (Å²) in [6.45, 7) is 4.98. The number of carbonyl (C=O) groups is 1. The van der Waals surface area contributed by atoms with Crippen molar-refractivity contribution in [3.05, 3.63) is 112 Å². The molecule has 0 saturated heterocycles. The van der Waals surface area contributed by atoms with Gasteiger partial charge in [0.05, 0.1) is 6.54 Å². The predicted octanol–water partition coefficient (Wildman–Crippen LogP) is 6.03. The Morgan fingerprint density at radius 1 is 0.969 bits per heavy atom. The smallest absolute Gasteiger partial charge is 0.256 e. The van der Waals surface area contributed by atoms with Crippen molar-refractivity contribution in [3.63, 3.8) is 0 Å². The second-order valence-electron chi connectivity index (χ2n) is 7.66. The van der Waals surface area contributed by atoms with Gasteiger partial charge in [0.15, 0.2) is 5.82 Å². The first-order valence-electron chi connectivity index (χ1n) is 10.4. The van der Waals surface area contributed by atoms with Crippen LogP contribution in [0.15, 0.2) is 78.9 Å². The summed E-state index contributed by atoms with van der Waals surface area (Å²) in [4.78, 5) is 12.6. The van der Waals surface area contributed by atoms with Crippen LogP contribution in [0.3, 0.4) is 0 Å². The fourth-order valence-electron chi connectivity index (χ4n) is 3.30. The number of hydrogen-bond donors (Lipinski definition) is 1. The minimum atomic E-state index is -0.199. The van der Waals surface area contributed by atoms with Crippen molar-refractivity contribution in [1.82, 2.24) is 9.78 Å². The van der Waals surface area contributed by atoms with Gasteiger partial charge < -0.3 is 10.1 Å². The van der Waals surface area contributed by atoms with Gasteiger partial charge in [0, 0.05) is 22.3 Å². The van der Waals surface area contributed by atoms with Crippen LogP contribution in [0.4, 0.5) is 5.82 Å². The summed E-state index contributed by atoms with van der Waals surface area (Å²) < 4.78 is 7.70. The van der Waals surface area contributed by atoms with Crippen molar-refractivity contribution in [2.75, 3.05) is 5.32 Å². The lowest BCUT2D eigenvalue weighted by atomic mass is 10.1. The van der Waals surface area contributed by atoms with Gasteiger partial charge in [-0.05, 0) is 60.9 Å². The van der Waals surface area contributed by atoms with E-state index in [1.165, 1.54) is 0 Å². The molecule has 0 fully saturated rings. The molecule has 0 aliphatic rings. The van der Waals surface area contributed by atoms with Crippen molar-refractivity contribution >= 4 is 23.3 Å². The Hall–Kier alpha value is -3.57. The molecule has 0 aliphatic heterocycles. The van der Waals surface area contributed by atoms with Crippen LogP contribution in [-0.4, -0.2) is 15.7 Å². The van der Waals surface area contributed by atoms with E-state index in [-0.39, 0.29) is 5.91 Å². The highest BCUT2D eigenvalue weighted by atomic mass is 35.5. The van der Waals surface area contributed by atoms with E-state index in [9.17, 15) is 4.79 Å². The van der Waals surface area contributed by atoms with E-state index >= 15 is 0 Å². The molecule has 1 N–H and O–H groups in total. The van der Waals surface area contributed by atoms with Crippen molar-refractivity contribution < 1.29 is 9.53 Å². The molecule has 3 aromatic carbocycles. The lowest BCUT2D eigenvalue weighted by molar-refractivity contribution is 0.102. The molecule has 0 atom stereocenters. The summed E-state index contributed by atoms with van der Waals surface area (Å²) in [6.07, 6.45) is 0. The number of ether oxygens (including phenoxy) is 1. The Morgan fingerprint density at radius 3 is 2.44 bits per heavy atom. The fraction of sp³-hybridized carbons (Fsp3) is 0.154. The van der Waals surface area contributed by atoms with Gasteiger partial charge in [-0.3, -0.25) is 9.48 Å². The third kappa shape index (κ3) is 5.37. The predicted molar refractivity (Wildman–Crippen MR) is 127 cm³/mol. The van der Waals surface area contributed by atoms with Crippen LogP contribution in [0.5, 0.6) is 5.75 Å². The number of nitrogens with zero attached hydrogens (tertiary/aromatic N) is 2. The molecule has 0 spiro atoms. The molecule has 0 unspecified atom stereocenters. The number of rotatable bonds is 7. The van der Waals surface area contributed by atoms with Gasteiger partial charge in [-0.1, -0.05) is 54.1 Å². The van der Waals surface area contributed by atoms with E-state index in [2.05, 4.69) is 22.5 Å². The average Bonchev–Trinajstić information content (AvgIpc) is 3.14. The van der Waals surface area contributed by atoms with Gasteiger partial charge in [-0.2, -0.15) is 5.10 Å². The number of aromatic nitrogens is 2. The molecule has 32 heavy (non-hydrogen) atoms. The molecule has 5 nitrogen and oxygen atoms in total. The number of hydrogen-bond acceptors (Lipinski definition) is 3. The SMILES string of the molecule is Cc1cc(OCc2ccc(C(=O)Nc3cc(C)n(Cc4ccccc4)n3)cc2)ccc1Cl. The zero-order chi connectivity index (χ0) is 22.5. The summed E-state index contributed by atoms with van der Waals surface area (Å²) >= 11 is 6.05. The Bertz CT molecular complexity index is 1220. The first kappa shape index (κ1) is 21.7. The van der Waals surface area contributed by atoms with E-state index in [0.29, 0.717) is 29.6 Å². The van der Waals surface area contributed by atoms with Crippen LogP contribution in [-0.2, 0) is 13.2 Å². The fourth-order valence-corrected chi connectivity index (χ4v) is 3.42. The third-order valence-corrected chi connectivity index (χ3v) is 5.57. The second-order valence-corrected chi connectivity index (χ2v) is 8.07. The number of nitrogens with one attached hydrogen (secondary N) is 1. The van der Waals surface area contributed by atoms with Crippen LogP contribution < -0.4 is 10.1 Å². The largest absolute Gasteiger partial charge is 0.489 e. The number of benzene rings is 3. The molecule has 162 valence electrons. The summed E-state index contributed by atoms with van der Waals surface area (Å²) in [7, 11) is 0. The van der Waals surface area contributed by atoms with E-state index in [1.54, 1.807) is 12.1 Å². The maximum Gasteiger partial charge on any atom is 0.256 e. The average molecular weight is 446 g/mol. The lowest BCUT2D eigenvalue weighted by Crippen LogP contribution is -2.13. The quantitative estimate of drug-likeness (QED) is 0.377. The number of halogens is 1. The van der Waals surface area contributed by atoms with E-state index in [0.717, 1.165) is 28.1 Å². The zero-order valence-electron chi connectivity index (χ0n) is 18.0. The van der Waals surface area contributed by atoms with Crippen LogP contribution in [0.25, 0.3) is 0 Å². The van der Waals surface area contributed by atoms with Gasteiger partial charge in [0.25, 0.3) is 5.91 Å². The summed E-state index contributed by atoms with van der Waals surface area (Å²) in [5.74, 6) is 1.10. The van der Waals surface area contributed by atoms with Crippen LogP contribution >= 0.6 is 11.6 Å². The molecule has 0 saturated carbocycles. The molecular formula is C26H24ClN3O2. The highest BCUT2D eigenvalue weighted by Crippen LogP contribution is 2.22. The number of anilines is 1. The molecule has 1 amide bonds. The standard InChI is InChI=1S/C26H24ClN3O2/c1-18-14-23(12-13-24(18)27)32-17-21-8-10-22(11-9-21)26(31)28-25-15-19(2)30(29-25)16-20-6-4-3-5-7-20/h3-15H,16-17H2,1-2H3,(H,28,29,31). The number of aryl methyl sites for hydroxylation is 2. The highest BCUT2D eigenvalue weighted by molar-refractivity contribution is 6.31. The van der Waals surface area contributed by atoms with E-state index in [1.807, 2.05) is 73.1 Å². The van der Waals surface area contributed by atoms with Crippen LogP contribution in [0.2, 0.25) is 5.02 Å². The van der Waals surface area contributed by atoms with Crippen molar-refractivity contribution in [2.45, 2.75) is 27.0 Å². The molecule has 0 radical (unpaired) electrons. The van der Waals surface area contributed by atoms with E-state index in [4.69, 9.17) is 16.3 Å². The van der Waals surface area contributed by atoms with Crippen molar-refractivity contribution in [2.24, 2.45) is 0 Å². The van der Waals surface area contributed by atoms with Gasteiger partial charge in [0.2, 0.25) is 0 Å². The Morgan fingerprint density at radius 2 is 1.72 bits per heavy atom. The summed E-state index contributed by atoms with van der Waals surface area (Å²) in [5.41, 5.74) is 4.64. The topological polar surface area (TPSA) is 56.1 Å². The molecule has 0 bridgehead atoms. The first-order chi connectivity index (χ1) is 15.5. The second kappa shape index (κ2) is 9.71. The van der Waals surface area contributed by atoms with Gasteiger partial charge in [-0.15, -0.1) is 0 Å². The number of amides is 1. The van der Waals surface area contributed by atoms with E-state index < -0.39 is 0 Å². The molecule has 1 aromatic heterocycles.